The van der Waals surface area contributed by atoms with Gasteiger partial charge in [-0.25, -0.2) is 0 Å². The van der Waals surface area contributed by atoms with E-state index in [0.717, 1.165) is 23.8 Å². The normalized spacial score (nSPS) is 36.1. The summed E-state index contributed by atoms with van der Waals surface area (Å²) in [6.07, 6.45) is 4.34. The first-order valence-corrected chi connectivity index (χ1v) is 6.12. The van der Waals surface area contributed by atoms with Crippen molar-refractivity contribution in [3.8, 4) is 0 Å². The Morgan fingerprint density at radius 1 is 1.06 bits per heavy atom. The van der Waals surface area contributed by atoms with Crippen LogP contribution in [0, 0.1) is 11.8 Å². The number of fused-ring (bicyclic) bond motifs is 2. The third-order valence-electron chi connectivity index (χ3n) is 4.43. The van der Waals surface area contributed by atoms with Crippen molar-refractivity contribution in [1.29, 1.82) is 0 Å². The molecule has 0 aliphatic heterocycles. The number of nitrogens with one attached hydrogen (secondary N) is 1. The van der Waals surface area contributed by atoms with Crippen molar-refractivity contribution in [2.24, 2.45) is 11.8 Å². The molecule has 4 atom stereocenters. The molecule has 1 N–H and O–H groups in total. The highest BCUT2D eigenvalue weighted by Crippen LogP contribution is 2.52. The van der Waals surface area contributed by atoms with Gasteiger partial charge in [0.05, 0.1) is 0 Å². The SMILES string of the molecule is CNC1C2CCC(C2)C1c1ccccc1.Cl. The van der Waals surface area contributed by atoms with Crippen molar-refractivity contribution in [2.75, 3.05) is 7.05 Å². The molecule has 0 aromatic heterocycles. The predicted octanol–water partition coefficient (Wildman–Crippen LogP) is 3.21. The Morgan fingerprint density at radius 3 is 2.44 bits per heavy atom. The lowest BCUT2D eigenvalue weighted by Crippen LogP contribution is -2.37. The lowest BCUT2D eigenvalue weighted by molar-refractivity contribution is 0.326. The van der Waals surface area contributed by atoms with Gasteiger partial charge in [-0.2, -0.15) is 0 Å². The van der Waals surface area contributed by atoms with Gasteiger partial charge < -0.3 is 5.32 Å². The molecule has 16 heavy (non-hydrogen) atoms. The van der Waals surface area contributed by atoms with E-state index in [0.29, 0.717) is 0 Å². The van der Waals surface area contributed by atoms with Crippen LogP contribution >= 0.6 is 12.4 Å². The average molecular weight is 238 g/mol. The van der Waals surface area contributed by atoms with Crippen LogP contribution in [0.4, 0.5) is 0 Å². The molecule has 0 saturated heterocycles. The summed E-state index contributed by atoms with van der Waals surface area (Å²) in [6, 6.07) is 11.8. The summed E-state index contributed by atoms with van der Waals surface area (Å²) in [5.74, 6) is 2.65. The standard InChI is InChI=1S/C14H19N.ClH/c1-15-14-12-8-7-11(9-12)13(14)10-5-3-2-4-6-10;/h2-6,11-15H,7-9H2,1H3;1H. The third-order valence-corrected chi connectivity index (χ3v) is 4.43. The molecular formula is C14H20ClN. The molecule has 3 rings (SSSR count). The van der Waals surface area contributed by atoms with Crippen LogP contribution in [-0.2, 0) is 0 Å². The van der Waals surface area contributed by atoms with Crippen molar-refractivity contribution in [1.82, 2.24) is 5.32 Å². The fourth-order valence-corrected chi connectivity index (χ4v) is 3.86. The Hall–Kier alpha value is -0.530. The highest BCUT2D eigenvalue weighted by atomic mass is 35.5. The van der Waals surface area contributed by atoms with E-state index >= 15 is 0 Å². The van der Waals surface area contributed by atoms with Crippen molar-refractivity contribution in [2.45, 2.75) is 31.2 Å². The average Bonchev–Trinajstić information content (AvgIpc) is 2.89. The summed E-state index contributed by atoms with van der Waals surface area (Å²) < 4.78 is 0. The quantitative estimate of drug-likeness (QED) is 0.833. The largest absolute Gasteiger partial charge is 0.316 e. The van der Waals surface area contributed by atoms with Crippen LogP contribution in [0.2, 0.25) is 0 Å². The molecule has 2 bridgehead atoms. The van der Waals surface area contributed by atoms with E-state index < -0.39 is 0 Å². The fourth-order valence-electron chi connectivity index (χ4n) is 3.86. The van der Waals surface area contributed by atoms with Crippen molar-refractivity contribution in [3.63, 3.8) is 0 Å². The van der Waals surface area contributed by atoms with Crippen molar-refractivity contribution in [3.05, 3.63) is 35.9 Å². The molecule has 88 valence electrons. The molecule has 0 heterocycles. The number of likely N-dealkylation sites (N-methyl/N-ethyl adjacent to an activating group) is 1. The summed E-state index contributed by atoms with van der Waals surface area (Å²) >= 11 is 0. The summed E-state index contributed by atoms with van der Waals surface area (Å²) in [7, 11) is 2.13. The second-order valence-electron chi connectivity index (χ2n) is 5.08. The first-order valence-electron chi connectivity index (χ1n) is 6.12. The Balaban J connectivity index is 0.000000963. The van der Waals surface area contributed by atoms with Gasteiger partial charge in [0.2, 0.25) is 0 Å². The lowest BCUT2D eigenvalue weighted by Gasteiger charge is -2.31. The molecule has 0 amide bonds. The summed E-state index contributed by atoms with van der Waals surface area (Å²) in [5, 5.41) is 3.54. The minimum atomic E-state index is 0. The fraction of sp³-hybridized carbons (Fsp3) is 0.571. The van der Waals surface area contributed by atoms with Gasteiger partial charge in [-0.05, 0) is 43.7 Å². The molecule has 2 saturated carbocycles. The maximum absolute atomic E-state index is 3.54. The maximum atomic E-state index is 3.54. The summed E-state index contributed by atoms with van der Waals surface area (Å²) in [5.41, 5.74) is 1.55. The van der Waals surface area contributed by atoms with E-state index in [1.807, 2.05) is 0 Å². The van der Waals surface area contributed by atoms with Gasteiger partial charge in [0, 0.05) is 12.0 Å². The molecule has 1 aromatic rings. The molecule has 1 aromatic carbocycles. The van der Waals surface area contributed by atoms with Gasteiger partial charge in [-0.1, -0.05) is 30.3 Å². The predicted molar refractivity (Wildman–Crippen MR) is 70.1 cm³/mol. The van der Waals surface area contributed by atoms with E-state index in [-0.39, 0.29) is 12.4 Å². The van der Waals surface area contributed by atoms with Gasteiger partial charge in [0.1, 0.15) is 0 Å². The minimum Gasteiger partial charge on any atom is -0.316 e. The third kappa shape index (κ3) is 1.76. The Labute approximate surface area is 104 Å². The van der Waals surface area contributed by atoms with Gasteiger partial charge >= 0.3 is 0 Å². The highest BCUT2D eigenvalue weighted by molar-refractivity contribution is 5.85. The number of halogens is 1. The highest BCUT2D eigenvalue weighted by Gasteiger charge is 2.47. The molecular weight excluding hydrogens is 218 g/mol. The molecule has 2 aliphatic carbocycles. The number of hydrogen-bond donors (Lipinski definition) is 1. The molecule has 2 fully saturated rings. The second kappa shape index (κ2) is 4.77. The second-order valence-corrected chi connectivity index (χ2v) is 5.08. The Kier molecular flexibility index (Phi) is 3.56. The first-order chi connectivity index (χ1) is 7.40. The van der Waals surface area contributed by atoms with Crippen LogP contribution in [0.1, 0.15) is 30.7 Å². The smallest absolute Gasteiger partial charge is 0.0164 e. The molecule has 2 aliphatic rings. The maximum Gasteiger partial charge on any atom is 0.0164 e. The Morgan fingerprint density at radius 2 is 1.75 bits per heavy atom. The van der Waals surface area contributed by atoms with Gasteiger partial charge in [0.25, 0.3) is 0 Å². The van der Waals surface area contributed by atoms with Crippen LogP contribution < -0.4 is 5.32 Å². The van der Waals surface area contributed by atoms with E-state index in [2.05, 4.69) is 42.7 Å². The molecule has 4 unspecified atom stereocenters. The molecule has 0 spiro atoms. The molecule has 1 nitrogen and oxygen atoms in total. The zero-order valence-electron chi connectivity index (χ0n) is 9.73. The van der Waals surface area contributed by atoms with Gasteiger partial charge in [-0.15, -0.1) is 12.4 Å². The molecule has 0 radical (unpaired) electrons. The minimum absolute atomic E-state index is 0. The van der Waals surface area contributed by atoms with Gasteiger partial charge in [-0.3, -0.25) is 0 Å². The number of hydrogen-bond acceptors (Lipinski definition) is 1. The van der Waals surface area contributed by atoms with Crippen LogP contribution in [0.15, 0.2) is 30.3 Å². The van der Waals surface area contributed by atoms with E-state index in [1.54, 1.807) is 5.56 Å². The topological polar surface area (TPSA) is 12.0 Å². The van der Waals surface area contributed by atoms with Crippen LogP contribution in [0.3, 0.4) is 0 Å². The first kappa shape index (κ1) is 11.9. The Bertz CT molecular complexity index is 338. The summed E-state index contributed by atoms with van der Waals surface area (Å²) in [4.78, 5) is 0. The molecule has 2 heteroatoms. The van der Waals surface area contributed by atoms with E-state index in [9.17, 15) is 0 Å². The van der Waals surface area contributed by atoms with E-state index in [4.69, 9.17) is 0 Å². The van der Waals surface area contributed by atoms with Crippen LogP contribution in [-0.4, -0.2) is 13.1 Å². The number of benzene rings is 1. The van der Waals surface area contributed by atoms with E-state index in [1.165, 1.54) is 19.3 Å². The van der Waals surface area contributed by atoms with Crippen LogP contribution in [0.25, 0.3) is 0 Å². The van der Waals surface area contributed by atoms with Crippen LogP contribution in [0.5, 0.6) is 0 Å². The summed E-state index contributed by atoms with van der Waals surface area (Å²) in [6.45, 7) is 0. The monoisotopic (exact) mass is 237 g/mol. The number of rotatable bonds is 2. The van der Waals surface area contributed by atoms with Gasteiger partial charge in [0.15, 0.2) is 0 Å². The van der Waals surface area contributed by atoms with Crippen molar-refractivity contribution < 1.29 is 0 Å². The lowest BCUT2D eigenvalue weighted by atomic mass is 9.80. The zero-order chi connectivity index (χ0) is 10.3. The van der Waals surface area contributed by atoms with Crippen molar-refractivity contribution >= 4 is 12.4 Å². The zero-order valence-corrected chi connectivity index (χ0v) is 10.5.